The number of thiophene rings is 1. The highest BCUT2D eigenvalue weighted by molar-refractivity contribution is 7.14. The molecule has 0 fully saturated rings. The summed E-state index contributed by atoms with van der Waals surface area (Å²) in [5.74, 6) is -0.803. The van der Waals surface area contributed by atoms with E-state index in [1.165, 1.54) is 23.9 Å². The Balaban J connectivity index is 1.99. The lowest BCUT2D eigenvalue weighted by Gasteiger charge is -2.20. The molecular weight excluding hydrogens is 485 g/mol. The molecule has 0 radical (unpaired) electrons. The summed E-state index contributed by atoms with van der Waals surface area (Å²) < 4.78 is 6.40. The Morgan fingerprint density at radius 2 is 1.97 bits per heavy atom. The summed E-state index contributed by atoms with van der Waals surface area (Å²) in [7, 11) is 1.50. The van der Waals surface area contributed by atoms with Gasteiger partial charge in [0.15, 0.2) is 5.78 Å². The molecule has 0 aliphatic heterocycles. The van der Waals surface area contributed by atoms with E-state index in [0.717, 1.165) is 11.3 Å². The van der Waals surface area contributed by atoms with E-state index in [2.05, 4.69) is 6.07 Å². The monoisotopic (exact) mass is 503 g/mol. The second-order valence-electron chi connectivity index (χ2n) is 7.15. The standard InChI is InChI=1S/C23H19Cl2N3O4S/c1-32-7-6-19(20(29)9-15-4-5-21(33-15)23(27)31)28-12-18(25)17(10-22(28)30)16-8-14(24)3-2-13(16)11-26/h2-5,8,10,12,19H,6-7,9H2,1H3,(H2,27,31). The number of carbonyl (C=O) groups excluding carboxylic acids is 2. The summed E-state index contributed by atoms with van der Waals surface area (Å²) in [5, 5.41) is 10.00. The first-order valence-corrected chi connectivity index (χ1v) is 11.3. The molecule has 3 aromatic rings. The lowest BCUT2D eigenvalue weighted by atomic mass is 10.0. The molecule has 1 aromatic carbocycles. The summed E-state index contributed by atoms with van der Waals surface area (Å²) in [6, 6.07) is 10.4. The van der Waals surface area contributed by atoms with E-state index in [0.29, 0.717) is 31.5 Å². The molecule has 33 heavy (non-hydrogen) atoms. The molecule has 0 saturated heterocycles. The van der Waals surface area contributed by atoms with Crippen LogP contribution in [0.4, 0.5) is 0 Å². The van der Waals surface area contributed by atoms with Crippen LogP contribution in [0.5, 0.6) is 0 Å². The number of aromatic nitrogens is 1. The van der Waals surface area contributed by atoms with Crippen LogP contribution in [-0.2, 0) is 16.0 Å². The van der Waals surface area contributed by atoms with Crippen molar-refractivity contribution in [1.29, 1.82) is 5.26 Å². The van der Waals surface area contributed by atoms with Crippen molar-refractivity contribution in [2.45, 2.75) is 18.9 Å². The lowest BCUT2D eigenvalue weighted by molar-refractivity contribution is -0.122. The van der Waals surface area contributed by atoms with Crippen molar-refractivity contribution in [3.63, 3.8) is 0 Å². The van der Waals surface area contributed by atoms with Crippen LogP contribution in [-0.4, -0.2) is 30.0 Å². The summed E-state index contributed by atoms with van der Waals surface area (Å²) in [6.07, 6.45) is 1.66. The number of primary amides is 1. The van der Waals surface area contributed by atoms with E-state index in [4.69, 9.17) is 33.7 Å². The van der Waals surface area contributed by atoms with Gasteiger partial charge in [0.1, 0.15) is 0 Å². The highest BCUT2D eigenvalue weighted by Crippen LogP contribution is 2.32. The van der Waals surface area contributed by atoms with Gasteiger partial charge in [0.05, 0.1) is 27.6 Å². The quantitative estimate of drug-likeness (QED) is 0.468. The number of pyridine rings is 1. The van der Waals surface area contributed by atoms with Gasteiger partial charge in [-0.3, -0.25) is 14.4 Å². The van der Waals surface area contributed by atoms with Gasteiger partial charge >= 0.3 is 0 Å². The number of nitriles is 1. The van der Waals surface area contributed by atoms with Crippen LogP contribution in [0, 0.1) is 11.3 Å². The van der Waals surface area contributed by atoms with E-state index in [9.17, 15) is 19.6 Å². The van der Waals surface area contributed by atoms with E-state index < -0.39 is 17.5 Å². The summed E-state index contributed by atoms with van der Waals surface area (Å²) in [6.45, 7) is 0.242. The number of ketones is 1. The number of nitrogens with zero attached hydrogens (tertiary/aromatic N) is 2. The molecule has 0 aliphatic rings. The van der Waals surface area contributed by atoms with Crippen LogP contribution in [0.3, 0.4) is 0 Å². The van der Waals surface area contributed by atoms with Crippen molar-refractivity contribution in [2.24, 2.45) is 5.73 Å². The third kappa shape index (κ3) is 5.70. The zero-order chi connectivity index (χ0) is 24.1. The Kier molecular flexibility index (Phi) is 8.06. The predicted molar refractivity (Wildman–Crippen MR) is 128 cm³/mol. The lowest BCUT2D eigenvalue weighted by Crippen LogP contribution is -2.31. The number of nitrogens with two attached hydrogens (primary N) is 1. The maximum Gasteiger partial charge on any atom is 0.258 e. The Morgan fingerprint density at radius 1 is 1.21 bits per heavy atom. The summed E-state index contributed by atoms with van der Waals surface area (Å²) >= 11 is 13.7. The van der Waals surface area contributed by atoms with Gasteiger partial charge < -0.3 is 15.0 Å². The molecule has 1 amide bonds. The fourth-order valence-electron chi connectivity index (χ4n) is 3.39. The molecule has 0 bridgehead atoms. The van der Waals surface area contributed by atoms with Crippen LogP contribution in [0.25, 0.3) is 11.1 Å². The Morgan fingerprint density at radius 3 is 2.61 bits per heavy atom. The Bertz CT molecular complexity index is 1310. The molecule has 1 atom stereocenters. The molecule has 7 nitrogen and oxygen atoms in total. The normalized spacial score (nSPS) is 11.7. The van der Waals surface area contributed by atoms with Gasteiger partial charge in [-0.15, -0.1) is 11.3 Å². The van der Waals surface area contributed by atoms with Gasteiger partial charge in [-0.1, -0.05) is 23.2 Å². The zero-order valence-corrected chi connectivity index (χ0v) is 19.8. The van der Waals surface area contributed by atoms with Crippen LogP contribution >= 0.6 is 34.5 Å². The third-order valence-corrected chi connectivity index (χ3v) is 6.62. The van der Waals surface area contributed by atoms with Crippen LogP contribution < -0.4 is 11.3 Å². The molecule has 2 N–H and O–H groups in total. The largest absolute Gasteiger partial charge is 0.385 e. The Labute approximate surface area is 203 Å². The Hall–Kier alpha value is -2.96. The van der Waals surface area contributed by atoms with Crippen molar-refractivity contribution < 1.29 is 14.3 Å². The highest BCUT2D eigenvalue weighted by atomic mass is 35.5. The second kappa shape index (κ2) is 10.8. The number of Topliss-reactive ketones (excluding diaryl/α,β-unsaturated/α-hetero) is 1. The van der Waals surface area contributed by atoms with Crippen molar-refractivity contribution in [2.75, 3.05) is 13.7 Å². The van der Waals surface area contributed by atoms with Crippen LogP contribution in [0.2, 0.25) is 10.0 Å². The van der Waals surface area contributed by atoms with Crippen LogP contribution in [0.15, 0.2) is 47.4 Å². The summed E-state index contributed by atoms with van der Waals surface area (Å²) in [4.78, 5) is 38.5. The molecule has 3 rings (SSSR count). The number of benzene rings is 1. The van der Waals surface area contributed by atoms with Crippen molar-refractivity contribution in [3.8, 4) is 17.2 Å². The average Bonchev–Trinajstić information content (AvgIpc) is 3.24. The number of halogens is 2. The van der Waals surface area contributed by atoms with Gasteiger partial charge in [-0.25, -0.2) is 0 Å². The molecule has 2 aromatic heterocycles. The molecule has 1 unspecified atom stereocenters. The van der Waals surface area contributed by atoms with Gasteiger partial charge in [0.2, 0.25) is 0 Å². The average molecular weight is 504 g/mol. The first-order valence-electron chi connectivity index (χ1n) is 9.77. The number of rotatable bonds is 9. The topological polar surface area (TPSA) is 115 Å². The minimum absolute atomic E-state index is 0.0189. The van der Waals surface area contributed by atoms with E-state index in [1.54, 1.807) is 30.3 Å². The fourth-order valence-corrected chi connectivity index (χ4v) is 4.69. The molecule has 0 saturated carbocycles. The number of hydrogen-bond donors (Lipinski definition) is 1. The maximum absolute atomic E-state index is 13.1. The molecule has 10 heteroatoms. The SMILES string of the molecule is COCCC(C(=O)Cc1ccc(C(N)=O)s1)n1cc(Cl)c(-c2cc(Cl)ccc2C#N)cc1=O. The van der Waals surface area contributed by atoms with Crippen molar-refractivity contribution in [3.05, 3.63) is 78.3 Å². The smallest absolute Gasteiger partial charge is 0.258 e. The number of carbonyl (C=O) groups is 2. The number of methoxy groups -OCH3 is 1. The molecule has 170 valence electrons. The first-order chi connectivity index (χ1) is 15.7. The van der Waals surface area contributed by atoms with Gasteiger partial charge in [0, 0.05) is 53.4 Å². The number of ether oxygens (including phenoxy) is 1. The zero-order valence-electron chi connectivity index (χ0n) is 17.5. The van der Waals surface area contributed by atoms with Gasteiger partial charge in [0.25, 0.3) is 11.5 Å². The third-order valence-electron chi connectivity index (χ3n) is 4.98. The first kappa shape index (κ1) is 24.7. The molecule has 2 heterocycles. The van der Waals surface area contributed by atoms with E-state index in [1.807, 2.05) is 0 Å². The van der Waals surface area contributed by atoms with Gasteiger partial charge in [-0.05, 0) is 36.8 Å². The maximum atomic E-state index is 13.1. The molecule has 0 spiro atoms. The number of hydrogen-bond acceptors (Lipinski definition) is 6. The van der Waals surface area contributed by atoms with E-state index >= 15 is 0 Å². The van der Waals surface area contributed by atoms with Crippen molar-refractivity contribution in [1.82, 2.24) is 4.57 Å². The molecule has 0 aliphatic carbocycles. The predicted octanol–water partition coefficient (Wildman–Crippen LogP) is 4.24. The molecular formula is C23H19Cl2N3O4S. The minimum atomic E-state index is -0.835. The highest BCUT2D eigenvalue weighted by Gasteiger charge is 2.24. The number of amides is 1. The van der Waals surface area contributed by atoms with Crippen LogP contribution in [0.1, 0.15) is 32.6 Å². The minimum Gasteiger partial charge on any atom is -0.385 e. The fraction of sp³-hybridized carbons (Fsp3) is 0.217. The van der Waals surface area contributed by atoms with Crippen molar-refractivity contribution >= 4 is 46.2 Å². The second-order valence-corrected chi connectivity index (χ2v) is 9.16. The summed E-state index contributed by atoms with van der Waals surface area (Å²) in [5.41, 5.74) is 5.91. The van der Waals surface area contributed by atoms with Gasteiger partial charge in [-0.2, -0.15) is 5.26 Å². The van der Waals surface area contributed by atoms with E-state index in [-0.39, 0.29) is 30.3 Å².